The van der Waals surface area contributed by atoms with Crippen LogP contribution >= 0.6 is 0 Å². The largest absolute Gasteiger partial charge is 0.339 e. The molecule has 0 N–H and O–H groups in total. The molecule has 2 aliphatic rings. The molecule has 2 saturated heterocycles. The Bertz CT molecular complexity index is 610. The van der Waals surface area contributed by atoms with Gasteiger partial charge in [0.15, 0.2) is 0 Å². The monoisotopic (exact) mass is 343 g/mol. The average molecular weight is 343 g/mol. The van der Waals surface area contributed by atoms with Gasteiger partial charge in [-0.3, -0.25) is 14.5 Å². The van der Waals surface area contributed by atoms with Crippen molar-refractivity contribution in [1.82, 2.24) is 14.7 Å². The highest BCUT2D eigenvalue weighted by atomic mass is 16.2. The summed E-state index contributed by atoms with van der Waals surface area (Å²) in [4.78, 5) is 31.6. The van der Waals surface area contributed by atoms with E-state index in [0.29, 0.717) is 30.3 Å². The number of benzene rings is 1. The molecule has 1 unspecified atom stereocenters. The summed E-state index contributed by atoms with van der Waals surface area (Å²) < 4.78 is 0. The lowest BCUT2D eigenvalue weighted by Crippen LogP contribution is -2.39. The molecule has 0 radical (unpaired) electrons. The summed E-state index contributed by atoms with van der Waals surface area (Å²) in [6.45, 7) is 9.28. The van der Waals surface area contributed by atoms with Gasteiger partial charge in [-0.25, -0.2) is 0 Å². The van der Waals surface area contributed by atoms with Gasteiger partial charge >= 0.3 is 0 Å². The Morgan fingerprint density at radius 3 is 2.32 bits per heavy atom. The van der Waals surface area contributed by atoms with Crippen molar-refractivity contribution in [2.24, 2.45) is 0 Å². The Morgan fingerprint density at radius 1 is 1.00 bits per heavy atom. The summed E-state index contributed by atoms with van der Waals surface area (Å²) >= 11 is 0. The second-order valence-corrected chi connectivity index (χ2v) is 6.99. The molecule has 5 heteroatoms. The molecule has 1 aromatic rings. The second-order valence-electron chi connectivity index (χ2n) is 6.99. The molecule has 3 rings (SSSR count). The van der Waals surface area contributed by atoms with Crippen molar-refractivity contribution < 1.29 is 9.59 Å². The van der Waals surface area contributed by atoms with Crippen LogP contribution in [-0.4, -0.2) is 71.8 Å². The van der Waals surface area contributed by atoms with Gasteiger partial charge in [0, 0.05) is 49.9 Å². The highest BCUT2D eigenvalue weighted by Crippen LogP contribution is 2.22. The zero-order valence-corrected chi connectivity index (χ0v) is 15.4. The predicted molar refractivity (Wildman–Crippen MR) is 98.8 cm³/mol. The summed E-state index contributed by atoms with van der Waals surface area (Å²) in [7, 11) is 0. The van der Waals surface area contributed by atoms with Crippen LogP contribution < -0.4 is 0 Å². The van der Waals surface area contributed by atoms with Gasteiger partial charge in [-0.2, -0.15) is 0 Å². The normalized spacial score (nSPS) is 20.9. The van der Waals surface area contributed by atoms with Gasteiger partial charge in [0.05, 0.1) is 0 Å². The van der Waals surface area contributed by atoms with E-state index in [1.54, 1.807) is 29.2 Å². The molecule has 0 aliphatic carbocycles. The van der Waals surface area contributed by atoms with Crippen molar-refractivity contribution in [3.05, 3.63) is 35.4 Å². The van der Waals surface area contributed by atoms with Crippen LogP contribution in [0.4, 0.5) is 0 Å². The van der Waals surface area contributed by atoms with Crippen LogP contribution in [0.2, 0.25) is 0 Å². The van der Waals surface area contributed by atoms with Gasteiger partial charge in [-0.15, -0.1) is 0 Å². The highest BCUT2D eigenvalue weighted by Gasteiger charge is 2.30. The quantitative estimate of drug-likeness (QED) is 0.844. The van der Waals surface area contributed by atoms with Gasteiger partial charge < -0.3 is 9.80 Å². The zero-order valence-electron chi connectivity index (χ0n) is 15.4. The summed E-state index contributed by atoms with van der Waals surface area (Å²) in [6.07, 6.45) is 3.48. The smallest absolute Gasteiger partial charge is 0.253 e. The minimum absolute atomic E-state index is 0.0281. The maximum Gasteiger partial charge on any atom is 0.253 e. The second kappa shape index (κ2) is 8.00. The van der Waals surface area contributed by atoms with Crippen molar-refractivity contribution in [3.8, 4) is 0 Å². The van der Waals surface area contributed by atoms with E-state index in [2.05, 4.69) is 4.90 Å². The minimum atomic E-state index is 0.0281. The SMILES string of the molecule is CCN(CC)C(=O)c1ccc(C(=O)N2CCCN3CCCC3C2)cc1. The van der Waals surface area contributed by atoms with E-state index in [1.165, 1.54) is 19.4 Å². The first-order chi connectivity index (χ1) is 12.1. The number of fused-ring (bicyclic) bond motifs is 1. The van der Waals surface area contributed by atoms with Crippen LogP contribution in [0.3, 0.4) is 0 Å². The van der Waals surface area contributed by atoms with Crippen LogP contribution in [0.1, 0.15) is 53.8 Å². The number of hydrogen-bond acceptors (Lipinski definition) is 3. The molecule has 2 heterocycles. The molecule has 0 bridgehead atoms. The Morgan fingerprint density at radius 2 is 1.64 bits per heavy atom. The van der Waals surface area contributed by atoms with E-state index in [4.69, 9.17) is 0 Å². The molecule has 0 spiro atoms. The molecule has 0 aromatic heterocycles. The number of rotatable bonds is 4. The van der Waals surface area contributed by atoms with Crippen molar-refractivity contribution in [1.29, 1.82) is 0 Å². The van der Waals surface area contributed by atoms with Crippen LogP contribution in [-0.2, 0) is 0 Å². The summed E-state index contributed by atoms with van der Waals surface area (Å²) in [5.74, 6) is 0.121. The van der Waals surface area contributed by atoms with Gasteiger partial charge in [-0.1, -0.05) is 0 Å². The van der Waals surface area contributed by atoms with E-state index in [9.17, 15) is 9.59 Å². The molecule has 0 saturated carbocycles. The van der Waals surface area contributed by atoms with Crippen molar-refractivity contribution >= 4 is 11.8 Å². The molecular weight excluding hydrogens is 314 g/mol. The standard InChI is InChI=1S/C20H29N3O2/c1-3-21(4-2)19(24)16-8-10-17(11-9-16)20(25)23-14-6-13-22-12-5-7-18(22)15-23/h8-11,18H,3-7,12-15H2,1-2H3. The van der Waals surface area contributed by atoms with Crippen LogP contribution in [0, 0.1) is 0 Å². The van der Waals surface area contributed by atoms with Crippen LogP contribution in [0.5, 0.6) is 0 Å². The fraction of sp³-hybridized carbons (Fsp3) is 0.600. The molecular formula is C20H29N3O2. The number of nitrogens with zero attached hydrogens (tertiary/aromatic N) is 3. The number of carbonyl (C=O) groups excluding carboxylic acids is 2. The molecule has 2 aliphatic heterocycles. The summed E-state index contributed by atoms with van der Waals surface area (Å²) in [5, 5.41) is 0. The maximum atomic E-state index is 12.9. The third-order valence-electron chi connectivity index (χ3n) is 5.52. The topological polar surface area (TPSA) is 43.9 Å². The van der Waals surface area contributed by atoms with E-state index in [0.717, 1.165) is 26.1 Å². The van der Waals surface area contributed by atoms with E-state index >= 15 is 0 Å². The van der Waals surface area contributed by atoms with Gasteiger partial charge in [0.25, 0.3) is 11.8 Å². The predicted octanol–water partition coefficient (Wildman–Crippen LogP) is 2.48. The number of amides is 2. The highest BCUT2D eigenvalue weighted by molar-refractivity contribution is 5.97. The lowest BCUT2D eigenvalue weighted by molar-refractivity contribution is 0.0739. The van der Waals surface area contributed by atoms with Crippen molar-refractivity contribution in [2.75, 3.05) is 39.3 Å². The fourth-order valence-corrected chi connectivity index (χ4v) is 4.02. The molecule has 2 amide bonds. The lowest BCUT2D eigenvalue weighted by Gasteiger charge is -2.26. The van der Waals surface area contributed by atoms with Gasteiger partial charge in [0.1, 0.15) is 0 Å². The van der Waals surface area contributed by atoms with Crippen LogP contribution in [0.15, 0.2) is 24.3 Å². The number of carbonyl (C=O) groups is 2. The first-order valence-corrected chi connectivity index (χ1v) is 9.56. The van der Waals surface area contributed by atoms with Crippen LogP contribution in [0.25, 0.3) is 0 Å². The molecule has 25 heavy (non-hydrogen) atoms. The van der Waals surface area contributed by atoms with E-state index in [-0.39, 0.29) is 11.8 Å². The third kappa shape index (κ3) is 3.87. The van der Waals surface area contributed by atoms with E-state index in [1.807, 2.05) is 18.7 Å². The lowest BCUT2D eigenvalue weighted by atomic mass is 10.1. The first kappa shape index (κ1) is 17.9. The maximum absolute atomic E-state index is 12.9. The Hall–Kier alpha value is -1.88. The van der Waals surface area contributed by atoms with Gasteiger partial charge in [-0.05, 0) is 63.9 Å². The zero-order chi connectivity index (χ0) is 17.8. The molecule has 2 fully saturated rings. The Labute approximate surface area is 150 Å². The number of hydrogen-bond donors (Lipinski definition) is 0. The van der Waals surface area contributed by atoms with Gasteiger partial charge in [0.2, 0.25) is 0 Å². The van der Waals surface area contributed by atoms with Crippen molar-refractivity contribution in [2.45, 2.75) is 39.2 Å². The average Bonchev–Trinajstić information content (AvgIpc) is 2.99. The minimum Gasteiger partial charge on any atom is -0.339 e. The Balaban J connectivity index is 1.69. The summed E-state index contributed by atoms with van der Waals surface area (Å²) in [5.41, 5.74) is 1.33. The fourth-order valence-electron chi connectivity index (χ4n) is 4.02. The molecule has 1 atom stereocenters. The first-order valence-electron chi connectivity index (χ1n) is 9.56. The van der Waals surface area contributed by atoms with E-state index < -0.39 is 0 Å². The summed E-state index contributed by atoms with van der Waals surface area (Å²) in [6, 6.07) is 7.70. The molecule has 136 valence electrons. The van der Waals surface area contributed by atoms with Crippen molar-refractivity contribution in [3.63, 3.8) is 0 Å². The molecule has 1 aromatic carbocycles. The third-order valence-corrected chi connectivity index (χ3v) is 5.52. The molecule has 5 nitrogen and oxygen atoms in total. The Kier molecular flexibility index (Phi) is 5.74.